The van der Waals surface area contributed by atoms with Crippen LogP contribution in [0.25, 0.3) is 0 Å². The number of carbonyl (C=O) groups is 1. The summed E-state index contributed by atoms with van der Waals surface area (Å²) >= 11 is 0. The minimum Gasteiger partial charge on any atom is -0.353 e. The van der Waals surface area contributed by atoms with E-state index in [-0.39, 0.29) is 17.5 Å². The summed E-state index contributed by atoms with van der Waals surface area (Å²) in [6.45, 7) is 2.78. The number of hydrogen-bond donors (Lipinski definition) is 3. The van der Waals surface area contributed by atoms with Crippen molar-refractivity contribution in [2.24, 2.45) is 0 Å². The summed E-state index contributed by atoms with van der Waals surface area (Å²) < 4.78 is 0. The first-order valence-electron chi connectivity index (χ1n) is 6.60. The molecule has 1 spiro atoms. The highest BCUT2D eigenvalue weighted by Gasteiger charge is 2.40. The number of carbonyl (C=O) groups excluding carboxylic acids is 1. The highest BCUT2D eigenvalue weighted by molar-refractivity contribution is 5.84. The molecule has 1 aromatic carbocycles. The van der Waals surface area contributed by atoms with Gasteiger partial charge in [0.05, 0.1) is 0 Å². The third-order valence-electron chi connectivity index (χ3n) is 4.01. The second kappa shape index (κ2) is 4.71. The third-order valence-corrected chi connectivity index (χ3v) is 4.01. The van der Waals surface area contributed by atoms with Gasteiger partial charge in [-0.25, -0.2) is 0 Å². The first-order valence-corrected chi connectivity index (χ1v) is 6.60. The zero-order valence-electron chi connectivity index (χ0n) is 10.4. The van der Waals surface area contributed by atoms with Crippen molar-refractivity contribution in [2.75, 3.05) is 19.6 Å². The zero-order chi connectivity index (χ0) is 12.4. The molecule has 4 heteroatoms. The molecule has 1 unspecified atom stereocenters. The van der Waals surface area contributed by atoms with E-state index in [1.807, 2.05) is 30.3 Å². The maximum atomic E-state index is 12.0. The van der Waals surface area contributed by atoms with Crippen molar-refractivity contribution >= 4 is 5.91 Å². The van der Waals surface area contributed by atoms with Crippen LogP contribution >= 0.6 is 0 Å². The maximum absolute atomic E-state index is 12.0. The molecule has 2 fully saturated rings. The molecule has 0 aromatic heterocycles. The van der Waals surface area contributed by atoms with Gasteiger partial charge in [-0.3, -0.25) is 10.1 Å². The fourth-order valence-corrected chi connectivity index (χ4v) is 2.89. The minimum atomic E-state index is -0.210. The van der Waals surface area contributed by atoms with Gasteiger partial charge >= 0.3 is 0 Å². The smallest absolute Gasteiger partial charge is 0.241 e. The SMILES string of the molecule is O=C1NCC2(CCNCC2)NC1c1ccccc1. The molecular weight excluding hydrogens is 226 g/mol. The molecule has 0 radical (unpaired) electrons. The van der Waals surface area contributed by atoms with Crippen molar-refractivity contribution in [3.63, 3.8) is 0 Å². The number of piperazine rings is 1. The van der Waals surface area contributed by atoms with Gasteiger partial charge < -0.3 is 10.6 Å². The summed E-state index contributed by atoms with van der Waals surface area (Å²) in [6, 6.07) is 9.75. The van der Waals surface area contributed by atoms with Crippen LogP contribution in [-0.2, 0) is 4.79 Å². The van der Waals surface area contributed by atoms with E-state index in [1.165, 1.54) is 0 Å². The Hall–Kier alpha value is -1.39. The van der Waals surface area contributed by atoms with E-state index in [0.717, 1.165) is 38.0 Å². The Morgan fingerprint density at radius 2 is 1.83 bits per heavy atom. The Kier molecular flexibility index (Phi) is 3.06. The molecule has 3 rings (SSSR count). The molecule has 2 heterocycles. The van der Waals surface area contributed by atoms with E-state index < -0.39 is 0 Å². The molecule has 1 atom stereocenters. The predicted molar refractivity (Wildman–Crippen MR) is 70.2 cm³/mol. The van der Waals surface area contributed by atoms with Crippen LogP contribution in [0.3, 0.4) is 0 Å². The zero-order valence-corrected chi connectivity index (χ0v) is 10.4. The average molecular weight is 245 g/mol. The second-order valence-corrected chi connectivity index (χ2v) is 5.24. The van der Waals surface area contributed by atoms with Gasteiger partial charge in [0.15, 0.2) is 0 Å². The van der Waals surface area contributed by atoms with E-state index in [9.17, 15) is 4.79 Å². The molecule has 18 heavy (non-hydrogen) atoms. The molecule has 1 amide bonds. The van der Waals surface area contributed by atoms with Crippen molar-refractivity contribution in [3.8, 4) is 0 Å². The Bertz CT molecular complexity index is 426. The monoisotopic (exact) mass is 245 g/mol. The highest BCUT2D eigenvalue weighted by Crippen LogP contribution is 2.26. The number of piperidine rings is 1. The van der Waals surface area contributed by atoms with Gasteiger partial charge in [-0.15, -0.1) is 0 Å². The third kappa shape index (κ3) is 2.13. The summed E-state index contributed by atoms with van der Waals surface area (Å²) in [4.78, 5) is 12.0. The summed E-state index contributed by atoms with van der Waals surface area (Å²) in [5, 5.41) is 10.0. The van der Waals surface area contributed by atoms with Crippen molar-refractivity contribution in [1.82, 2.24) is 16.0 Å². The lowest BCUT2D eigenvalue weighted by Crippen LogP contribution is -2.65. The van der Waals surface area contributed by atoms with Crippen molar-refractivity contribution in [3.05, 3.63) is 35.9 Å². The maximum Gasteiger partial charge on any atom is 0.241 e. The quantitative estimate of drug-likeness (QED) is 0.678. The molecule has 4 nitrogen and oxygen atoms in total. The Labute approximate surface area is 107 Å². The van der Waals surface area contributed by atoms with E-state index in [2.05, 4.69) is 16.0 Å². The summed E-state index contributed by atoms with van der Waals surface area (Å²) in [7, 11) is 0. The molecule has 0 saturated carbocycles. The Balaban J connectivity index is 1.83. The van der Waals surface area contributed by atoms with Crippen molar-refractivity contribution < 1.29 is 4.79 Å². The van der Waals surface area contributed by atoms with Gasteiger partial charge in [-0.05, 0) is 31.5 Å². The van der Waals surface area contributed by atoms with E-state index in [1.54, 1.807) is 0 Å². The number of nitrogens with one attached hydrogen (secondary N) is 3. The summed E-state index contributed by atoms with van der Waals surface area (Å²) in [5.41, 5.74) is 1.12. The van der Waals surface area contributed by atoms with E-state index in [4.69, 9.17) is 0 Å². The van der Waals surface area contributed by atoms with Crippen molar-refractivity contribution in [1.29, 1.82) is 0 Å². The first kappa shape index (κ1) is 11.7. The molecule has 1 aromatic rings. The normalized spacial score (nSPS) is 26.9. The molecule has 2 saturated heterocycles. The lowest BCUT2D eigenvalue weighted by Gasteiger charge is -2.44. The van der Waals surface area contributed by atoms with Crippen LogP contribution < -0.4 is 16.0 Å². The fourth-order valence-electron chi connectivity index (χ4n) is 2.89. The highest BCUT2D eigenvalue weighted by atomic mass is 16.2. The fraction of sp³-hybridized carbons (Fsp3) is 0.500. The van der Waals surface area contributed by atoms with Crippen molar-refractivity contribution in [2.45, 2.75) is 24.4 Å². The number of amides is 1. The second-order valence-electron chi connectivity index (χ2n) is 5.24. The van der Waals surface area contributed by atoms with Gasteiger partial charge in [0.2, 0.25) is 5.91 Å². The molecule has 2 aliphatic rings. The molecule has 3 N–H and O–H groups in total. The average Bonchev–Trinajstić information content (AvgIpc) is 2.44. The number of rotatable bonds is 1. The lowest BCUT2D eigenvalue weighted by atomic mass is 9.84. The van der Waals surface area contributed by atoms with Gasteiger partial charge in [-0.2, -0.15) is 0 Å². The van der Waals surface area contributed by atoms with Gasteiger partial charge in [0.1, 0.15) is 6.04 Å². The summed E-state index contributed by atoms with van der Waals surface area (Å²) in [5.74, 6) is 0.0883. The standard InChI is InChI=1S/C14H19N3O/c18-13-12(11-4-2-1-3-5-11)17-14(10-16-13)6-8-15-9-7-14/h1-5,12,15,17H,6-10H2,(H,16,18). The topological polar surface area (TPSA) is 53.2 Å². The van der Waals surface area contributed by atoms with E-state index >= 15 is 0 Å². The van der Waals surface area contributed by atoms with Gasteiger partial charge in [-0.1, -0.05) is 30.3 Å². The van der Waals surface area contributed by atoms with Crippen LogP contribution in [0.1, 0.15) is 24.4 Å². The van der Waals surface area contributed by atoms with Crippen LogP contribution in [0, 0.1) is 0 Å². The van der Waals surface area contributed by atoms with Crippen LogP contribution in [-0.4, -0.2) is 31.1 Å². The molecular formula is C14H19N3O. The Morgan fingerprint density at radius 1 is 1.11 bits per heavy atom. The lowest BCUT2D eigenvalue weighted by molar-refractivity contribution is -0.126. The summed E-state index contributed by atoms with van der Waals surface area (Å²) in [6.07, 6.45) is 2.13. The molecule has 0 bridgehead atoms. The Morgan fingerprint density at radius 3 is 2.56 bits per heavy atom. The van der Waals surface area contributed by atoms with Crippen LogP contribution in [0.5, 0.6) is 0 Å². The molecule has 0 aliphatic carbocycles. The number of benzene rings is 1. The minimum absolute atomic E-state index is 0.0691. The first-order chi connectivity index (χ1) is 8.79. The van der Waals surface area contributed by atoms with Crippen LogP contribution in [0.2, 0.25) is 0 Å². The van der Waals surface area contributed by atoms with Crippen LogP contribution in [0.15, 0.2) is 30.3 Å². The predicted octanol–water partition coefficient (Wildman–Crippen LogP) is 0.569. The number of hydrogen-bond acceptors (Lipinski definition) is 3. The van der Waals surface area contributed by atoms with E-state index in [0.29, 0.717) is 0 Å². The molecule has 96 valence electrons. The largest absolute Gasteiger partial charge is 0.353 e. The molecule has 2 aliphatic heterocycles. The van der Waals surface area contributed by atoms with Crippen LogP contribution in [0.4, 0.5) is 0 Å². The van der Waals surface area contributed by atoms with Gasteiger partial charge in [0, 0.05) is 12.1 Å². The van der Waals surface area contributed by atoms with Gasteiger partial charge in [0.25, 0.3) is 0 Å².